The number of hydrogen-bond acceptors (Lipinski definition) is 3. The van der Waals surface area contributed by atoms with E-state index in [1.807, 2.05) is 0 Å². The molecule has 0 radical (unpaired) electrons. The summed E-state index contributed by atoms with van der Waals surface area (Å²) in [6, 6.07) is 1.62. The van der Waals surface area contributed by atoms with Crippen molar-refractivity contribution in [3.63, 3.8) is 0 Å². The summed E-state index contributed by atoms with van der Waals surface area (Å²) in [7, 11) is 0. The Morgan fingerprint density at radius 1 is 1.35 bits per heavy atom. The number of amides is 1. The third-order valence-electron chi connectivity index (χ3n) is 2.50. The number of rotatable bonds is 6. The van der Waals surface area contributed by atoms with Crippen LogP contribution in [0.25, 0.3) is 0 Å². The standard InChI is InChI=1S/C13H15F2NO4/c1-7(2)12(13(18)19)16-11(17)6-20-10-4-3-8(14)5-9(10)15/h3-5,7,12H,6H2,1-2H3,(H,16,17)(H,18,19). The van der Waals surface area contributed by atoms with Crippen LogP contribution in [0.1, 0.15) is 13.8 Å². The van der Waals surface area contributed by atoms with E-state index in [-0.39, 0.29) is 11.7 Å². The van der Waals surface area contributed by atoms with Gasteiger partial charge >= 0.3 is 5.97 Å². The van der Waals surface area contributed by atoms with Crippen LogP contribution in [-0.4, -0.2) is 29.6 Å². The monoisotopic (exact) mass is 287 g/mol. The van der Waals surface area contributed by atoms with E-state index in [4.69, 9.17) is 9.84 Å². The zero-order chi connectivity index (χ0) is 15.3. The summed E-state index contributed by atoms with van der Waals surface area (Å²) in [6.07, 6.45) is 0. The molecule has 2 N–H and O–H groups in total. The highest BCUT2D eigenvalue weighted by Gasteiger charge is 2.23. The smallest absolute Gasteiger partial charge is 0.326 e. The Morgan fingerprint density at radius 2 is 2.00 bits per heavy atom. The molecular weight excluding hydrogens is 272 g/mol. The topological polar surface area (TPSA) is 75.6 Å². The van der Waals surface area contributed by atoms with E-state index in [2.05, 4.69) is 5.32 Å². The van der Waals surface area contributed by atoms with Crippen molar-refractivity contribution in [1.29, 1.82) is 0 Å². The Kier molecular flexibility index (Phi) is 5.42. The maximum atomic E-state index is 13.2. The van der Waals surface area contributed by atoms with Gasteiger partial charge in [0.25, 0.3) is 5.91 Å². The fourth-order valence-corrected chi connectivity index (χ4v) is 1.46. The molecule has 0 fully saturated rings. The molecule has 7 heteroatoms. The van der Waals surface area contributed by atoms with Crippen LogP contribution in [0.15, 0.2) is 18.2 Å². The minimum Gasteiger partial charge on any atom is -0.481 e. The molecule has 0 spiro atoms. The molecule has 1 aromatic rings. The average molecular weight is 287 g/mol. The van der Waals surface area contributed by atoms with Crippen LogP contribution in [0.5, 0.6) is 5.75 Å². The molecule has 0 saturated carbocycles. The number of benzene rings is 1. The van der Waals surface area contributed by atoms with Crippen molar-refractivity contribution in [1.82, 2.24) is 5.32 Å². The zero-order valence-corrected chi connectivity index (χ0v) is 11.0. The zero-order valence-electron chi connectivity index (χ0n) is 11.0. The van der Waals surface area contributed by atoms with E-state index in [0.717, 1.165) is 12.1 Å². The number of carboxylic acid groups (broad SMARTS) is 1. The summed E-state index contributed by atoms with van der Waals surface area (Å²) in [6.45, 7) is 2.72. The van der Waals surface area contributed by atoms with E-state index >= 15 is 0 Å². The number of hydrogen-bond donors (Lipinski definition) is 2. The first-order valence-corrected chi connectivity index (χ1v) is 5.91. The summed E-state index contributed by atoms with van der Waals surface area (Å²) in [4.78, 5) is 22.4. The Labute approximate surface area is 114 Å². The van der Waals surface area contributed by atoms with Gasteiger partial charge in [-0.1, -0.05) is 13.8 Å². The van der Waals surface area contributed by atoms with Gasteiger partial charge in [0.15, 0.2) is 18.2 Å². The van der Waals surface area contributed by atoms with E-state index < -0.39 is 36.2 Å². The largest absolute Gasteiger partial charge is 0.481 e. The number of aliphatic carboxylic acids is 1. The van der Waals surface area contributed by atoms with Crippen LogP contribution in [0.4, 0.5) is 8.78 Å². The van der Waals surface area contributed by atoms with Crippen LogP contribution < -0.4 is 10.1 Å². The molecule has 0 aromatic heterocycles. The second-order valence-corrected chi connectivity index (χ2v) is 4.49. The van der Waals surface area contributed by atoms with Gasteiger partial charge in [0, 0.05) is 6.07 Å². The molecule has 0 aliphatic heterocycles. The summed E-state index contributed by atoms with van der Waals surface area (Å²) >= 11 is 0. The number of carbonyl (C=O) groups excluding carboxylic acids is 1. The molecule has 110 valence electrons. The van der Waals surface area contributed by atoms with E-state index in [0.29, 0.717) is 6.07 Å². The Balaban J connectivity index is 2.57. The Bertz CT molecular complexity index is 505. The highest BCUT2D eigenvalue weighted by Crippen LogP contribution is 2.17. The number of carboxylic acids is 1. The highest BCUT2D eigenvalue weighted by atomic mass is 19.1. The molecular formula is C13H15F2NO4. The van der Waals surface area contributed by atoms with Crippen molar-refractivity contribution < 1.29 is 28.2 Å². The third-order valence-corrected chi connectivity index (χ3v) is 2.50. The number of halogens is 2. The average Bonchev–Trinajstić information content (AvgIpc) is 2.34. The molecule has 0 saturated heterocycles. The SMILES string of the molecule is CC(C)C(NC(=O)COc1ccc(F)cc1F)C(=O)O. The summed E-state index contributed by atoms with van der Waals surface area (Å²) < 4.78 is 30.8. The minimum absolute atomic E-state index is 0.280. The molecule has 0 bridgehead atoms. The van der Waals surface area contributed by atoms with Crippen molar-refractivity contribution in [2.24, 2.45) is 5.92 Å². The van der Waals surface area contributed by atoms with Gasteiger partial charge < -0.3 is 15.2 Å². The molecule has 1 amide bonds. The van der Waals surface area contributed by atoms with Crippen molar-refractivity contribution in [2.45, 2.75) is 19.9 Å². The molecule has 0 aliphatic rings. The lowest BCUT2D eigenvalue weighted by atomic mass is 10.1. The van der Waals surface area contributed by atoms with E-state index in [1.165, 1.54) is 0 Å². The van der Waals surface area contributed by atoms with Crippen molar-refractivity contribution in [2.75, 3.05) is 6.61 Å². The van der Waals surface area contributed by atoms with Gasteiger partial charge in [-0.3, -0.25) is 4.79 Å². The lowest BCUT2D eigenvalue weighted by Crippen LogP contribution is -2.46. The molecule has 1 unspecified atom stereocenters. The summed E-state index contributed by atoms with van der Waals surface area (Å²) in [5.41, 5.74) is 0. The highest BCUT2D eigenvalue weighted by molar-refractivity contribution is 5.84. The van der Waals surface area contributed by atoms with Crippen LogP contribution in [0, 0.1) is 17.6 Å². The second-order valence-electron chi connectivity index (χ2n) is 4.49. The van der Waals surface area contributed by atoms with Gasteiger partial charge in [-0.2, -0.15) is 0 Å². The van der Waals surface area contributed by atoms with Crippen LogP contribution >= 0.6 is 0 Å². The van der Waals surface area contributed by atoms with Crippen LogP contribution in [0.3, 0.4) is 0 Å². The maximum absolute atomic E-state index is 13.2. The van der Waals surface area contributed by atoms with Crippen molar-refractivity contribution >= 4 is 11.9 Å². The Morgan fingerprint density at radius 3 is 2.50 bits per heavy atom. The lowest BCUT2D eigenvalue weighted by molar-refractivity contribution is -0.143. The number of carbonyl (C=O) groups is 2. The third kappa shape index (κ3) is 4.49. The fraction of sp³-hybridized carbons (Fsp3) is 0.385. The lowest BCUT2D eigenvalue weighted by Gasteiger charge is -2.18. The van der Waals surface area contributed by atoms with Gasteiger partial charge in [-0.25, -0.2) is 13.6 Å². The first-order valence-electron chi connectivity index (χ1n) is 5.91. The number of nitrogens with one attached hydrogen (secondary N) is 1. The fourth-order valence-electron chi connectivity index (χ4n) is 1.46. The molecule has 1 rings (SSSR count). The predicted octanol–water partition coefficient (Wildman–Crippen LogP) is 1.57. The summed E-state index contributed by atoms with van der Waals surface area (Å²) in [5, 5.41) is 11.2. The Hall–Kier alpha value is -2.18. The van der Waals surface area contributed by atoms with Crippen LogP contribution in [-0.2, 0) is 9.59 Å². The van der Waals surface area contributed by atoms with Crippen LogP contribution in [0.2, 0.25) is 0 Å². The van der Waals surface area contributed by atoms with Gasteiger partial charge in [0.05, 0.1) is 0 Å². The normalized spacial score (nSPS) is 12.1. The minimum atomic E-state index is -1.17. The van der Waals surface area contributed by atoms with Gasteiger partial charge in [-0.05, 0) is 18.1 Å². The van der Waals surface area contributed by atoms with Crippen molar-refractivity contribution in [3.8, 4) is 5.75 Å². The van der Waals surface area contributed by atoms with Gasteiger partial charge in [-0.15, -0.1) is 0 Å². The first kappa shape index (κ1) is 15.9. The molecule has 0 aliphatic carbocycles. The second kappa shape index (κ2) is 6.83. The molecule has 0 heterocycles. The molecule has 5 nitrogen and oxygen atoms in total. The maximum Gasteiger partial charge on any atom is 0.326 e. The molecule has 1 atom stereocenters. The van der Waals surface area contributed by atoms with Gasteiger partial charge in [0.2, 0.25) is 0 Å². The quantitative estimate of drug-likeness (QED) is 0.832. The van der Waals surface area contributed by atoms with E-state index in [1.54, 1.807) is 13.8 Å². The summed E-state index contributed by atoms with van der Waals surface area (Å²) in [5.74, 6) is -4.14. The van der Waals surface area contributed by atoms with Gasteiger partial charge in [0.1, 0.15) is 11.9 Å². The number of ether oxygens (including phenoxy) is 1. The first-order chi connectivity index (χ1) is 9.31. The predicted molar refractivity (Wildman–Crippen MR) is 66.3 cm³/mol. The van der Waals surface area contributed by atoms with Crippen molar-refractivity contribution in [3.05, 3.63) is 29.8 Å². The van der Waals surface area contributed by atoms with E-state index in [9.17, 15) is 18.4 Å². The molecule has 1 aromatic carbocycles. The molecule has 20 heavy (non-hydrogen) atoms.